The minimum absolute atomic E-state index is 0.0252. The maximum Gasteiger partial charge on any atom is 0.220 e. The van der Waals surface area contributed by atoms with Gasteiger partial charge in [0.2, 0.25) is 5.91 Å². The summed E-state index contributed by atoms with van der Waals surface area (Å²) in [5.74, 6) is -0.0252. The van der Waals surface area contributed by atoms with Crippen LogP contribution in [0.4, 0.5) is 0 Å². The number of hydrogen-bond donors (Lipinski definition) is 3. The van der Waals surface area contributed by atoms with Crippen molar-refractivity contribution < 1.29 is 15.0 Å². The lowest BCUT2D eigenvalue weighted by Crippen LogP contribution is -2.45. The van der Waals surface area contributed by atoms with Crippen LogP contribution in [0.15, 0.2) is 60.8 Å². The van der Waals surface area contributed by atoms with Crippen LogP contribution in [0.5, 0.6) is 0 Å². The molecule has 4 nitrogen and oxygen atoms in total. The van der Waals surface area contributed by atoms with Gasteiger partial charge in [0.05, 0.1) is 18.8 Å². The summed E-state index contributed by atoms with van der Waals surface area (Å²) in [5, 5.41) is 23.4. The van der Waals surface area contributed by atoms with Crippen molar-refractivity contribution in [3.8, 4) is 0 Å². The Morgan fingerprint density at radius 3 is 0.943 bits per heavy atom. The fraction of sp³-hybridized carbons (Fsp3) is 0.833. The van der Waals surface area contributed by atoms with Crippen molar-refractivity contribution in [1.29, 1.82) is 0 Å². The Kier molecular flexibility index (Phi) is 59.7. The maximum absolute atomic E-state index is 12.5. The molecular formula is C66H123NO3. The Hall–Kier alpha value is -1.91. The largest absolute Gasteiger partial charge is 0.394 e. The van der Waals surface area contributed by atoms with Crippen molar-refractivity contribution in [2.45, 2.75) is 347 Å². The summed E-state index contributed by atoms with van der Waals surface area (Å²) in [6, 6.07) is -0.536. The smallest absolute Gasteiger partial charge is 0.220 e. The highest BCUT2D eigenvalue weighted by Gasteiger charge is 2.20. The lowest BCUT2D eigenvalue weighted by molar-refractivity contribution is -0.123. The van der Waals surface area contributed by atoms with Crippen LogP contribution in [0.25, 0.3) is 0 Å². The van der Waals surface area contributed by atoms with Crippen LogP contribution in [0, 0.1) is 0 Å². The Bertz CT molecular complexity index is 1150. The molecule has 0 radical (unpaired) electrons. The number of amides is 1. The first-order valence-electron chi connectivity index (χ1n) is 31.5. The molecule has 0 aromatic heterocycles. The van der Waals surface area contributed by atoms with Gasteiger partial charge in [0.1, 0.15) is 0 Å². The standard InChI is InChI=1S/C66H123NO3/c1-3-5-7-9-11-13-15-17-19-21-23-24-25-26-27-28-29-30-31-32-33-34-35-36-37-38-39-40-41-42-44-46-48-50-52-54-56-58-60-62-66(70)67-64(63-68)65(69)61-59-57-55-53-51-49-47-45-43-22-20-18-16-14-12-10-8-6-4-2/h5,7,11,13,17,19,23-24,26-27,64-65,68-69H,3-4,6,8-10,12,14-16,18,20-22,25,28-63H2,1-2H3,(H,67,70)/b7-5-,13-11-,19-17-,24-23-,27-26-. The summed E-state index contributed by atoms with van der Waals surface area (Å²) in [5.41, 5.74) is 0. The van der Waals surface area contributed by atoms with Crippen LogP contribution >= 0.6 is 0 Å². The van der Waals surface area contributed by atoms with Crippen molar-refractivity contribution in [2.24, 2.45) is 0 Å². The van der Waals surface area contributed by atoms with Crippen LogP contribution in [0.1, 0.15) is 335 Å². The first kappa shape index (κ1) is 68.1. The van der Waals surface area contributed by atoms with Crippen molar-refractivity contribution >= 4 is 5.91 Å². The third-order valence-electron chi connectivity index (χ3n) is 14.5. The molecule has 0 heterocycles. The first-order valence-corrected chi connectivity index (χ1v) is 31.5. The van der Waals surface area contributed by atoms with Crippen molar-refractivity contribution in [2.75, 3.05) is 6.61 Å². The third kappa shape index (κ3) is 57.0. The van der Waals surface area contributed by atoms with E-state index in [-0.39, 0.29) is 12.5 Å². The molecule has 0 spiro atoms. The molecule has 0 rings (SSSR count). The van der Waals surface area contributed by atoms with Gasteiger partial charge in [0, 0.05) is 6.42 Å². The van der Waals surface area contributed by atoms with E-state index in [0.717, 1.165) is 57.8 Å². The van der Waals surface area contributed by atoms with Gasteiger partial charge in [-0.25, -0.2) is 0 Å². The molecule has 3 N–H and O–H groups in total. The quantitative estimate of drug-likeness (QED) is 0.0420. The summed E-state index contributed by atoms with van der Waals surface area (Å²) < 4.78 is 0. The van der Waals surface area contributed by atoms with Crippen molar-refractivity contribution in [3.05, 3.63) is 60.8 Å². The molecule has 0 aromatic carbocycles. The van der Waals surface area contributed by atoms with Gasteiger partial charge in [0.15, 0.2) is 0 Å². The van der Waals surface area contributed by atoms with E-state index in [1.807, 2.05) is 0 Å². The molecule has 2 unspecified atom stereocenters. The number of aliphatic hydroxyl groups excluding tert-OH is 2. The van der Waals surface area contributed by atoms with E-state index in [1.54, 1.807) is 0 Å². The minimum Gasteiger partial charge on any atom is -0.394 e. The zero-order valence-electron chi connectivity index (χ0n) is 47.3. The molecule has 0 aliphatic heterocycles. The van der Waals surface area contributed by atoms with E-state index < -0.39 is 12.1 Å². The van der Waals surface area contributed by atoms with E-state index in [4.69, 9.17) is 0 Å². The van der Waals surface area contributed by atoms with Crippen LogP contribution in [0.3, 0.4) is 0 Å². The Balaban J connectivity index is 3.40. The molecule has 0 fully saturated rings. The van der Waals surface area contributed by atoms with Crippen LogP contribution < -0.4 is 5.32 Å². The molecule has 0 bridgehead atoms. The number of aliphatic hydroxyl groups is 2. The fourth-order valence-corrected chi connectivity index (χ4v) is 9.80. The summed E-state index contributed by atoms with van der Waals surface area (Å²) in [7, 11) is 0. The summed E-state index contributed by atoms with van der Waals surface area (Å²) in [6.07, 6.45) is 86.7. The number of allylic oxidation sites excluding steroid dienone is 10. The van der Waals surface area contributed by atoms with Crippen LogP contribution in [-0.4, -0.2) is 34.9 Å². The molecule has 4 heteroatoms. The molecule has 70 heavy (non-hydrogen) atoms. The third-order valence-corrected chi connectivity index (χ3v) is 14.5. The van der Waals surface area contributed by atoms with Gasteiger partial charge < -0.3 is 15.5 Å². The van der Waals surface area contributed by atoms with Gasteiger partial charge >= 0.3 is 0 Å². The topological polar surface area (TPSA) is 69.6 Å². The summed E-state index contributed by atoms with van der Waals surface area (Å²) >= 11 is 0. The molecule has 410 valence electrons. The van der Waals surface area contributed by atoms with Gasteiger partial charge in [0.25, 0.3) is 0 Å². The number of rotatable bonds is 58. The van der Waals surface area contributed by atoms with Crippen molar-refractivity contribution in [3.63, 3.8) is 0 Å². The lowest BCUT2D eigenvalue weighted by atomic mass is 10.0. The minimum atomic E-state index is -0.659. The van der Waals surface area contributed by atoms with Gasteiger partial charge in [-0.2, -0.15) is 0 Å². The fourth-order valence-electron chi connectivity index (χ4n) is 9.80. The summed E-state index contributed by atoms with van der Waals surface area (Å²) in [4.78, 5) is 12.5. The molecule has 0 aliphatic carbocycles. The molecule has 1 amide bonds. The zero-order chi connectivity index (χ0) is 50.6. The Morgan fingerprint density at radius 1 is 0.357 bits per heavy atom. The SMILES string of the molecule is CC/C=C\C/C=C\C/C=C\C/C=C\C/C=C\CCCCCCCCCCCCCCCCCCCCCCCCCC(=O)NC(CO)C(O)CCCCCCCCCCCCCCCCCCCCC. The molecule has 0 saturated carbocycles. The van der Waals surface area contributed by atoms with Crippen molar-refractivity contribution in [1.82, 2.24) is 5.32 Å². The maximum atomic E-state index is 12.5. The van der Waals surface area contributed by atoms with E-state index in [2.05, 4.69) is 79.9 Å². The number of nitrogens with one attached hydrogen (secondary N) is 1. The molecular weight excluding hydrogens is 855 g/mol. The Morgan fingerprint density at radius 2 is 0.629 bits per heavy atom. The number of carbonyl (C=O) groups is 1. The average Bonchev–Trinajstić information content (AvgIpc) is 3.36. The highest BCUT2D eigenvalue weighted by molar-refractivity contribution is 5.76. The molecule has 0 aromatic rings. The molecule has 2 atom stereocenters. The lowest BCUT2D eigenvalue weighted by Gasteiger charge is -2.22. The van der Waals surface area contributed by atoms with Gasteiger partial charge in [-0.05, 0) is 57.8 Å². The summed E-state index contributed by atoms with van der Waals surface area (Å²) in [6.45, 7) is 4.27. The van der Waals surface area contributed by atoms with Gasteiger partial charge in [-0.3, -0.25) is 4.79 Å². The normalized spacial score (nSPS) is 13.1. The molecule has 0 aliphatic rings. The zero-order valence-corrected chi connectivity index (χ0v) is 47.3. The predicted octanol–water partition coefficient (Wildman–Crippen LogP) is 21.2. The predicted molar refractivity (Wildman–Crippen MR) is 313 cm³/mol. The Labute approximate surface area is 438 Å². The second-order valence-corrected chi connectivity index (χ2v) is 21.5. The second-order valence-electron chi connectivity index (χ2n) is 21.5. The highest BCUT2D eigenvalue weighted by Crippen LogP contribution is 2.18. The van der Waals surface area contributed by atoms with Crippen LogP contribution in [-0.2, 0) is 4.79 Å². The number of hydrogen-bond acceptors (Lipinski definition) is 3. The monoisotopic (exact) mass is 978 g/mol. The highest BCUT2D eigenvalue weighted by atomic mass is 16.3. The van der Waals surface area contributed by atoms with E-state index in [1.165, 1.54) is 250 Å². The van der Waals surface area contributed by atoms with E-state index in [0.29, 0.717) is 12.8 Å². The first-order chi connectivity index (χ1) is 34.7. The average molecular weight is 979 g/mol. The van der Waals surface area contributed by atoms with Crippen LogP contribution in [0.2, 0.25) is 0 Å². The van der Waals surface area contributed by atoms with E-state index >= 15 is 0 Å². The number of carbonyl (C=O) groups excluding carboxylic acids is 1. The number of unbranched alkanes of at least 4 members (excludes halogenated alkanes) is 41. The van der Waals surface area contributed by atoms with Gasteiger partial charge in [-0.15, -0.1) is 0 Å². The second kappa shape index (κ2) is 61.4. The van der Waals surface area contributed by atoms with E-state index in [9.17, 15) is 15.0 Å². The molecule has 0 saturated heterocycles. The van der Waals surface area contributed by atoms with Gasteiger partial charge in [-0.1, -0.05) is 331 Å².